The molecule has 5 rings (SSSR count). The Morgan fingerprint density at radius 1 is 1.06 bits per heavy atom. The molecule has 0 radical (unpaired) electrons. The summed E-state index contributed by atoms with van der Waals surface area (Å²) in [5.74, 6) is 0.117. The third-order valence-corrected chi connectivity index (χ3v) is 8.58. The lowest BCUT2D eigenvalue weighted by Gasteiger charge is -2.29. The molecule has 0 unspecified atom stereocenters. The van der Waals surface area contributed by atoms with Gasteiger partial charge in [-0.3, -0.25) is 4.79 Å². The molecule has 172 valence electrons. The molecular weight excluding hydrogens is 458 g/mol. The minimum Gasteiger partial charge on any atom is -0.310 e. The van der Waals surface area contributed by atoms with Crippen molar-refractivity contribution in [1.82, 2.24) is 9.78 Å². The van der Waals surface area contributed by atoms with Crippen LogP contribution in [-0.4, -0.2) is 24.1 Å². The molecule has 0 bridgehead atoms. The lowest BCUT2D eigenvalue weighted by molar-refractivity contribution is -0.121. The van der Waals surface area contributed by atoms with Crippen LogP contribution in [0.25, 0.3) is 5.69 Å². The van der Waals surface area contributed by atoms with Crippen LogP contribution in [0.15, 0.2) is 42.5 Å². The molecule has 0 spiro atoms. The van der Waals surface area contributed by atoms with E-state index < -0.39 is 15.3 Å². The van der Waals surface area contributed by atoms with Gasteiger partial charge in [0.2, 0.25) is 5.91 Å². The Hall–Kier alpha value is -2.64. The lowest BCUT2D eigenvalue weighted by Crippen LogP contribution is -2.38. The van der Waals surface area contributed by atoms with Gasteiger partial charge in [-0.1, -0.05) is 54.3 Å². The highest BCUT2D eigenvalue weighted by Gasteiger charge is 2.44. The second-order valence-electron chi connectivity index (χ2n) is 9.26. The molecule has 1 aromatic heterocycles. The van der Waals surface area contributed by atoms with E-state index in [4.69, 9.17) is 11.6 Å². The molecule has 1 N–H and O–H groups in total. The molecule has 1 fully saturated rings. The van der Waals surface area contributed by atoms with E-state index in [9.17, 15) is 13.2 Å². The number of aromatic nitrogens is 2. The van der Waals surface area contributed by atoms with Gasteiger partial charge in [0.15, 0.2) is 9.84 Å². The van der Waals surface area contributed by atoms with Crippen LogP contribution >= 0.6 is 11.6 Å². The Balaban J connectivity index is 1.60. The highest BCUT2D eigenvalue weighted by Crippen LogP contribution is 2.43. The topological polar surface area (TPSA) is 81.1 Å². The first kappa shape index (κ1) is 22.2. The van der Waals surface area contributed by atoms with E-state index >= 15 is 0 Å². The summed E-state index contributed by atoms with van der Waals surface area (Å²) in [6, 6.07) is 13.5. The van der Waals surface area contributed by atoms with Crippen molar-refractivity contribution < 1.29 is 13.2 Å². The molecule has 2 heterocycles. The van der Waals surface area contributed by atoms with E-state index in [-0.39, 0.29) is 17.4 Å². The van der Waals surface area contributed by atoms with Gasteiger partial charge in [-0.05, 0) is 56.0 Å². The fourth-order valence-corrected chi connectivity index (χ4v) is 6.83. The minimum absolute atomic E-state index is 0.106. The van der Waals surface area contributed by atoms with Crippen LogP contribution in [-0.2, 0) is 31.6 Å². The van der Waals surface area contributed by atoms with Gasteiger partial charge in [-0.25, -0.2) is 13.1 Å². The highest BCUT2D eigenvalue weighted by molar-refractivity contribution is 7.90. The van der Waals surface area contributed by atoms with Crippen molar-refractivity contribution in [3.05, 3.63) is 75.4 Å². The van der Waals surface area contributed by atoms with Gasteiger partial charge in [0, 0.05) is 10.6 Å². The molecule has 2 aromatic carbocycles. The zero-order valence-electron chi connectivity index (χ0n) is 18.7. The largest absolute Gasteiger partial charge is 0.310 e. The number of anilines is 1. The Labute approximate surface area is 198 Å². The number of benzene rings is 2. The van der Waals surface area contributed by atoms with Gasteiger partial charge in [-0.2, -0.15) is 5.10 Å². The van der Waals surface area contributed by atoms with Crippen LogP contribution in [0.3, 0.4) is 0 Å². The summed E-state index contributed by atoms with van der Waals surface area (Å²) in [6.07, 6.45) is 3.38. The molecule has 0 atom stereocenters. The van der Waals surface area contributed by atoms with Gasteiger partial charge in [-0.15, -0.1) is 0 Å². The van der Waals surface area contributed by atoms with Crippen molar-refractivity contribution in [3.8, 4) is 5.69 Å². The van der Waals surface area contributed by atoms with Crippen LogP contribution in [0.2, 0.25) is 5.02 Å². The summed E-state index contributed by atoms with van der Waals surface area (Å²) in [7, 11) is -3.27. The molecule has 3 aromatic rings. The average Bonchev–Trinajstić information content (AvgIpc) is 3.43. The van der Waals surface area contributed by atoms with E-state index in [0.717, 1.165) is 48.1 Å². The average molecular weight is 484 g/mol. The predicted molar refractivity (Wildman–Crippen MR) is 130 cm³/mol. The second-order valence-corrected chi connectivity index (χ2v) is 11.8. The molecule has 0 saturated heterocycles. The standard InChI is InChI=1S/C25H26ClN3O3S/c1-16-5-10-22(17(2)13-16)29-23(20-14-33(31,32)15-21(20)28-29)27-24(30)25(11-3-4-12-25)18-6-8-19(26)9-7-18/h5-10,13H,3-4,11-12,14-15H2,1-2H3,(H,27,30). The quantitative estimate of drug-likeness (QED) is 0.564. The third kappa shape index (κ3) is 3.87. The number of fused-ring (bicyclic) bond motifs is 1. The Morgan fingerprint density at radius 2 is 1.76 bits per heavy atom. The molecule has 1 aliphatic heterocycles. The SMILES string of the molecule is Cc1ccc(-n2nc3c(c2NC(=O)C2(c4ccc(Cl)cc4)CCCC2)CS(=O)(=O)C3)c(C)c1. The first-order valence-electron chi connectivity index (χ1n) is 11.1. The second kappa shape index (κ2) is 7.99. The van der Waals surface area contributed by atoms with Crippen molar-refractivity contribution in [2.75, 3.05) is 5.32 Å². The Kier molecular flexibility index (Phi) is 5.37. The third-order valence-electron chi connectivity index (χ3n) is 6.89. The number of nitrogens with one attached hydrogen (secondary N) is 1. The maximum Gasteiger partial charge on any atom is 0.236 e. The zero-order chi connectivity index (χ0) is 23.4. The monoisotopic (exact) mass is 483 g/mol. The molecule has 33 heavy (non-hydrogen) atoms. The highest BCUT2D eigenvalue weighted by atomic mass is 35.5. The first-order chi connectivity index (χ1) is 15.7. The number of aryl methyl sites for hydroxylation is 2. The summed E-state index contributed by atoms with van der Waals surface area (Å²) >= 11 is 6.09. The van der Waals surface area contributed by atoms with Gasteiger partial charge in [0.25, 0.3) is 0 Å². The summed E-state index contributed by atoms with van der Waals surface area (Å²) < 4.78 is 26.4. The number of halogens is 1. The number of rotatable bonds is 4. The summed E-state index contributed by atoms with van der Waals surface area (Å²) in [5, 5.41) is 8.40. The molecule has 2 aliphatic rings. The van der Waals surface area contributed by atoms with Crippen LogP contribution in [0.4, 0.5) is 5.82 Å². The maximum absolute atomic E-state index is 13.9. The number of sulfone groups is 1. The Bertz CT molecular complexity index is 1350. The smallest absolute Gasteiger partial charge is 0.236 e. The molecule has 1 aliphatic carbocycles. The summed E-state index contributed by atoms with van der Waals surface area (Å²) in [4.78, 5) is 13.9. The number of amides is 1. The van der Waals surface area contributed by atoms with Crippen LogP contribution in [0.1, 0.15) is 53.6 Å². The van der Waals surface area contributed by atoms with Crippen LogP contribution in [0, 0.1) is 13.8 Å². The van der Waals surface area contributed by atoms with Gasteiger partial charge >= 0.3 is 0 Å². The van der Waals surface area contributed by atoms with Crippen molar-refractivity contribution in [3.63, 3.8) is 0 Å². The Morgan fingerprint density at radius 3 is 2.42 bits per heavy atom. The fraction of sp³-hybridized carbons (Fsp3) is 0.360. The van der Waals surface area contributed by atoms with Crippen molar-refractivity contribution in [1.29, 1.82) is 0 Å². The van der Waals surface area contributed by atoms with E-state index in [0.29, 0.717) is 22.1 Å². The molecule has 1 saturated carbocycles. The summed E-state index contributed by atoms with van der Waals surface area (Å²) in [5.41, 5.74) is 4.31. The van der Waals surface area contributed by atoms with Crippen LogP contribution in [0.5, 0.6) is 0 Å². The molecule has 8 heteroatoms. The number of hydrogen-bond acceptors (Lipinski definition) is 4. The van der Waals surface area contributed by atoms with Crippen LogP contribution < -0.4 is 5.32 Å². The first-order valence-corrected chi connectivity index (χ1v) is 13.3. The fourth-order valence-electron chi connectivity index (χ4n) is 5.21. The van der Waals surface area contributed by atoms with Crippen molar-refractivity contribution in [2.24, 2.45) is 0 Å². The summed E-state index contributed by atoms with van der Waals surface area (Å²) in [6.45, 7) is 4.01. The number of carbonyl (C=O) groups is 1. The van der Waals surface area contributed by atoms with E-state index in [1.165, 1.54) is 0 Å². The van der Waals surface area contributed by atoms with Gasteiger partial charge in [0.1, 0.15) is 5.82 Å². The molecule has 1 amide bonds. The number of carbonyl (C=O) groups excluding carboxylic acids is 1. The predicted octanol–water partition coefficient (Wildman–Crippen LogP) is 5.02. The molecular formula is C25H26ClN3O3S. The van der Waals surface area contributed by atoms with Crippen molar-refractivity contribution >= 4 is 33.2 Å². The number of hydrogen-bond donors (Lipinski definition) is 1. The number of nitrogens with zero attached hydrogens (tertiary/aromatic N) is 2. The van der Waals surface area contributed by atoms with E-state index in [1.807, 2.05) is 50.2 Å². The van der Waals surface area contributed by atoms with E-state index in [2.05, 4.69) is 16.5 Å². The maximum atomic E-state index is 13.9. The zero-order valence-corrected chi connectivity index (χ0v) is 20.3. The van der Waals surface area contributed by atoms with Gasteiger partial charge < -0.3 is 5.32 Å². The lowest BCUT2D eigenvalue weighted by atomic mass is 9.78. The minimum atomic E-state index is -3.27. The normalized spacial score (nSPS) is 18.3. The van der Waals surface area contributed by atoms with Gasteiger partial charge in [0.05, 0.1) is 28.3 Å². The molecule has 6 nitrogen and oxygen atoms in total. The van der Waals surface area contributed by atoms with Crippen molar-refractivity contribution in [2.45, 2.75) is 56.5 Å². The van der Waals surface area contributed by atoms with E-state index in [1.54, 1.807) is 4.68 Å².